The molecule has 0 aliphatic carbocycles. The summed E-state index contributed by atoms with van der Waals surface area (Å²) in [5, 5.41) is 46.7. The molecule has 6 nitrogen and oxygen atoms in total. The second kappa shape index (κ2) is 8.21. The minimum atomic E-state index is -1.65. The van der Waals surface area contributed by atoms with Crippen molar-refractivity contribution in [2.45, 2.75) is 37.6 Å². The predicted octanol–water partition coefficient (Wildman–Crippen LogP) is -1.01. The lowest BCUT2D eigenvalue weighted by Gasteiger charge is -2.26. The number of hydrogen-bond acceptors (Lipinski definition) is 6. The molecule has 0 saturated carbocycles. The molecule has 0 aliphatic heterocycles. The van der Waals surface area contributed by atoms with Gasteiger partial charge in [-0.15, -0.1) is 0 Å². The van der Waals surface area contributed by atoms with Crippen molar-refractivity contribution in [2.75, 3.05) is 6.61 Å². The van der Waals surface area contributed by atoms with Crippen LogP contribution in [-0.4, -0.2) is 56.7 Å². The lowest BCUT2D eigenvalue weighted by atomic mass is 10.1. The Bertz CT molecular complexity index is 344. The molecule has 0 amide bonds. The zero-order chi connectivity index (χ0) is 14.3. The fraction of sp³-hybridized carbons (Fsp3) is 0.538. The number of aliphatic hydroxyl groups is 5. The summed E-state index contributed by atoms with van der Waals surface area (Å²) in [5.41, 5.74) is 0.805. The Balaban J connectivity index is 2.41. The summed E-state index contributed by atoms with van der Waals surface area (Å²) in [6.45, 7) is -0.256. The first-order valence-corrected chi connectivity index (χ1v) is 6.05. The summed E-state index contributed by atoms with van der Waals surface area (Å²) in [7, 11) is 0. The van der Waals surface area contributed by atoms with Crippen molar-refractivity contribution in [2.24, 2.45) is 0 Å². The van der Waals surface area contributed by atoms with Crippen molar-refractivity contribution in [3.8, 4) is 0 Å². The highest BCUT2D eigenvalue weighted by molar-refractivity contribution is 5.13. The summed E-state index contributed by atoms with van der Waals surface area (Å²) in [5.74, 6) is 0. The van der Waals surface area contributed by atoms with E-state index in [0.717, 1.165) is 5.56 Å². The van der Waals surface area contributed by atoms with Crippen molar-refractivity contribution in [1.82, 2.24) is 0 Å². The molecule has 0 aliphatic rings. The molecular weight excluding hydrogens is 252 g/mol. The number of hydrogen-bond donors (Lipinski definition) is 5. The van der Waals surface area contributed by atoms with Gasteiger partial charge in [0.05, 0.1) is 12.7 Å². The van der Waals surface area contributed by atoms with Crippen molar-refractivity contribution in [1.29, 1.82) is 0 Å². The van der Waals surface area contributed by atoms with E-state index in [4.69, 9.17) is 9.84 Å². The number of benzene rings is 1. The second-order valence-corrected chi connectivity index (χ2v) is 4.25. The molecule has 4 unspecified atom stereocenters. The second-order valence-electron chi connectivity index (χ2n) is 4.25. The van der Waals surface area contributed by atoms with Gasteiger partial charge in [0.1, 0.15) is 12.2 Å². The SMILES string of the molecule is OCCC(O)C(O)C(O)C(O)OCc1ccccc1. The highest BCUT2D eigenvalue weighted by atomic mass is 16.6. The fourth-order valence-corrected chi connectivity index (χ4v) is 1.55. The molecule has 0 fully saturated rings. The van der Waals surface area contributed by atoms with Crippen LogP contribution in [0.2, 0.25) is 0 Å². The number of ether oxygens (including phenoxy) is 1. The third kappa shape index (κ3) is 5.23. The van der Waals surface area contributed by atoms with Gasteiger partial charge in [-0.2, -0.15) is 0 Å². The van der Waals surface area contributed by atoms with Gasteiger partial charge < -0.3 is 30.3 Å². The van der Waals surface area contributed by atoms with Crippen LogP contribution in [-0.2, 0) is 11.3 Å². The molecule has 6 heteroatoms. The summed E-state index contributed by atoms with van der Waals surface area (Å²) in [6, 6.07) is 9.03. The third-order valence-corrected chi connectivity index (χ3v) is 2.72. The maximum Gasteiger partial charge on any atom is 0.183 e. The van der Waals surface area contributed by atoms with Crippen molar-refractivity contribution < 1.29 is 30.3 Å². The summed E-state index contributed by atoms with van der Waals surface area (Å²) in [4.78, 5) is 0. The first-order chi connectivity index (χ1) is 9.06. The molecule has 108 valence electrons. The average molecular weight is 272 g/mol. The van der Waals surface area contributed by atoms with Gasteiger partial charge in [-0.25, -0.2) is 0 Å². The van der Waals surface area contributed by atoms with Gasteiger partial charge in [-0.05, 0) is 12.0 Å². The van der Waals surface area contributed by atoms with E-state index in [1.807, 2.05) is 6.07 Å². The number of rotatable bonds is 8. The van der Waals surface area contributed by atoms with Crippen LogP contribution in [0.15, 0.2) is 30.3 Å². The van der Waals surface area contributed by atoms with Gasteiger partial charge in [0.25, 0.3) is 0 Å². The fourth-order valence-electron chi connectivity index (χ4n) is 1.55. The Kier molecular flexibility index (Phi) is 6.93. The van der Waals surface area contributed by atoms with Gasteiger partial charge in [0, 0.05) is 6.61 Å². The van der Waals surface area contributed by atoms with Gasteiger partial charge in [-0.3, -0.25) is 0 Å². The first-order valence-electron chi connectivity index (χ1n) is 6.05. The lowest BCUT2D eigenvalue weighted by Crippen LogP contribution is -2.45. The third-order valence-electron chi connectivity index (χ3n) is 2.72. The minimum absolute atomic E-state index is 0.0713. The zero-order valence-electron chi connectivity index (χ0n) is 10.5. The Hall–Kier alpha value is -1.02. The zero-order valence-corrected chi connectivity index (χ0v) is 10.5. The molecule has 0 bridgehead atoms. The van der Waals surface area contributed by atoms with E-state index in [2.05, 4.69) is 0 Å². The van der Waals surface area contributed by atoms with Crippen LogP contribution < -0.4 is 0 Å². The Labute approximate surface area is 111 Å². The van der Waals surface area contributed by atoms with E-state index < -0.39 is 24.6 Å². The summed E-state index contributed by atoms with van der Waals surface area (Å²) in [6.07, 6.45) is -6.27. The maximum absolute atomic E-state index is 9.59. The Morgan fingerprint density at radius 2 is 1.58 bits per heavy atom. The van der Waals surface area contributed by atoms with E-state index in [0.29, 0.717) is 0 Å². The van der Waals surface area contributed by atoms with Crippen molar-refractivity contribution in [3.63, 3.8) is 0 Å². The first kappa shape index (κ1) is 16.0. The van der Waals surface area contributed by atoms with Crippen LogP contribution >= 0.6 is 0 Å². The highest BCUT2D eigenvalue weighted by Crippen LogP contribution is 2.11. The van der Waals surface area contributed by atoms with Crippen LogP contribution in [0.25, 0.3) is 0 Å². The molecule has 0 saturated heterocycles. The molecular formula is C13H20O6. The quantitative estimate of drug-likeness (QED) is 0.388. The smallest absolute Gasteiger partial charge is 0.183 e. The topological polar surface area (TPSA) is 110 Å². The van der Waals surface area contributed by atoms with E-state index >= 15 is 0 Å². The molecule has 0 spiro atoms. The average Bonchev–Trinajstić information content (AvgIpc) is 2.44. The summed E-state index contributed by atoms with van der Waals surface area (Å²) >= 11 is 0. The number of aliphatic hydroxyl groups excluding tert-OH is 5. The van der Waals surface area contributed by atoms with Gasteiger partial charge in [0.2, 0.25) is 0 Å². The van der Waals surface area contributed by atoms with Gasteiger partial charge in [0.15, 0.2) is 6.29 Å². The largest absolute Gasteiger partial charge is 0.396 e. The Morgan fingerprint density at radius 1 is 0.947 bits per heavy atom. The minimum Gasteiger partial charge on any atom is -0.396 e. The van der Waals surface area contributed by atoms with E-state index in [1.54, 1.807) is 24.3 Å². The molecule has 19 heavy (non-hydrogen) atoms. The summed E-state index contributed by atoms with van der Waals surface area (Å²) < 4.78 is 5.01. The molecule has 1 rings (SSSR count). The Morgan fingerprint density at radius 3 is 2.16 bits per heavy atom. The van der Waals surface area contributed by atoms with Crippen LogP contribution in [0.3, 0.4) is 0 Å². The predicted molar refractivity (Wildman–Crippen MR) is 67.0 cm³/mol. The highest BCUT2D eigenvalue weighted by Gasteiger charge is 2.30. The van der Waals surface area contributed by atoms with E-state index in [-0.39, 0.29) is 19.6 Å². The molecule has 1 aromatic rings. The molecule has 0 heterocycles. The normalized spacial score (nSPS) is 17.7. The maximum atomic E-state index is 9.59. The monoisotopic (exact) mass is 272 g/mol. The standard InChI is InChI=1S/C13H20O6/c14-7-6-10(15)11(16)12(17)13(18)19-8-9-4-2-1-3-5-9/h1-5,10-18H,6-8H2. The van der Waals surface area contributed by atoms with Crippen LogP contribution in [0.1, 0.15) is 12.0 Å². The molecule has 1 aromatic carbocycles. The van der Waals surface area contributed by atoms with Crippen LogP contribution in [0, 0.1) is 0 Å². The molecule has 0 radical (unpaired) electrons. The molecule has 4 atom stereocenters. The van der Waals surface area contributed by atoms with E-state index in [1.165, 1.54) is 0 Å². The van der Waals surface area contributed by atoms with Gasteiger partial charge in [-0.1, -0.05) is 30.3 Å². The van der Waals surface area contributed by atoms with Crippen LogP contribution in [0.4, 0.5) is 0 Å². The van der Waals surface area contributed by atoms with Crippen molar-refractivity contribution >= 4 is 0 Å². The molecule has 5 N–H and O–H groups in total. The molecule has 0 aromatic heterocycles. The van der Waals surface area contributed by atoms with Crippen molar-refractivity contribution in [3.05, 3.63) is 35.9 Å². The van der Waals surface area contributed by atoms with Crippen LogP contribution in [0.5, 0.6) is 0 Å². The van der Waals surface area contributed by atoms with Gasteiger partial charge >= 0.3 is 0 Å². The van der Waals surface area contributed by atoms with E-state index in [9.17, 15) is 20.4 Å². The lowest BCUT2D eigenvalue weighted by molar-refractivity contribution is -0.207.